The van der Waals surface area contributed by atoms with E-state index in [0.717, 1.165) is 24.8 Å². The number of hydrogen-bond donors (Lipinski definition) is 1. The minimum atomic E-state index is -0.121. The largest absolute Gasteiger partial charge is 0.393 e. The van der Waals surface area contributed by atoms with Crippen molar-refractivity contribution < 1.29 is 5.11 Å². The van der Waals surface area contributed by atoms with Gasteiger partial charge in [-0.3, -0.25) is 4.98 Å². The molecule has 1 saturated carbocycles. The van der Waals surface area contributed by atoms with E-state index in [1.807, 2.05) is 6.07 Å². The van der Waals surface area contributed by atoms with E-state index in [2.05, 4.69) is 4.98 Å². The molecule has 1 heterocycles. The number of hydrogen-bond acceptors (Lipinski definition) is 2. The Labute approximate surface area is 82.6 Å². The maximum Gasteiger partial charge on any atom is 0.0621 e. The Morgan fingerprint density at radius 2 is 2.38 bits per heavy atom. The molecule has 1 aliphatic carbocycles. The van der Waals surface area contributed by atoms with Crippen molar-refractivity contribution in [2.75, 3.05) is 0 Å². The van der Waals surface area contributed by atoms with Gasteiger partial charge in [0.15, 0.2) is 0 Å². The van der Waals surface area contributed by atoms with Crippen LogP contribution >= 0.6 is 11.6 Å². The van der Waals surface area contributed by atoms with E-state index < -0.39 is 0 Å². The molecule has 0 aromatic carbocycles. The third-order valence-corrected chi connectivity index (χ3v) is 3.06. The molecule has 0 amide bonds. The van der Waals surface area contributed by atoms with Gasteiger partial charge in [-0.25, -0.2) is 0 Å². The van der Waals surface area contributed by atoms with Crippen LogP contribution in [0.3, 0.4) is 0 Å². The average molecular weight is 198 g/mol. The molecule has 2 unspecified atom stereocenters. The topological polar surface area (TPSA) is 33.1 Å². The summed E-state index contributed by atoms with van der Waals surface area (Å²) in [6, 6.07) is 1.92. The van der Waals surface area contributed by atoms with Gasteiger partial charge in [-0.1, -0.05) is 11.6 Å². The maximum atomic E-state index is 9.40. The highest BCUT2D eigenvalue weighted by atomic mass is 35.5. The van der Waals surface area contributed by atoms with Crippen LogP contribution in [-0.2, 0) is 6.42 Å². The molecule has 2 rings (SSSR count). The van der Waals surface area contributed by atoms with Crippen molar-refractivity contribution in [2.24, 2.45) is 5.92 Å². The number of aliphatic hydroxyl groups is 1. The number of pyridine rings is 1. The number of rotatable bonds is 2. The molecule has 2 atom stereocenters. The average Bonchev–Trinajstić information content (AvgIpc) is 2.14. The Morgan fingerprint density at radius 3 is 2.92 bits per heavy atom. The van der Waals surface area contributed by atoms with Crippen LogP contribution in [0.2, 0.25) is 5.02 Å². The Morgan fingerprint density at radius 1 is 1.54 bits per heavy atom. The van der Waals surface area contributed by atoms with Gasteiger partial charge in [0.05, 0.1) is 11.1 Å². The van der Waals surface area contributed by atoms with Gasteiger partial charge in [0.2, 0.25) is 0 Å². The lowest BCUT2D eigenvalue weighted by atomic mass is 9.78. The van der Waals surface area contributed by atoms with Crippen LogP contribution in [0.1, 0.15) is 18.4 Å². The molecular formula is C10H12ClNO. The van der Waals surface area contributed by atoms with Crippen LogP contribution in [0.4, 0.5) is 0 Å². The van der Waals surface area contributed by atoms with Gasteiger partial charge in [-0.05, 0) is 36.8 Å². The maximum absolute atomic E-state index is 9.40. The second-order valence-corrected chi connectivity index (χ2v) is 3.98. The summed E-state index contributed by atoms with van der Waals surface area (Å²) >= 11 is 5.95. The fraction of sp³-hybridized carbons (Fsp3) is 0.500. The zero-order valence-electron chi connectivity index (χ0n) is 7.28. The Balaban J connectivity index is 2.05. The van der Waals surface area contributed by atoms with Crippen molar-refractivity contribution in [3.8, 4) is 0 Å². The van der Waals surface area contributed by atoms with E-state index in [1.54, 1.807) is 12.4 Å². The Hall–Kier alpha value is -0.600. The third kappa shape index (κ3) is 1.84. The summed E-state index contributed by atoms with van der Waals surface area (Å²) in [6.45, 7) is 0. The first-order valence-corrected chi connectivity index (χ1v) is 4.91. The van der Waals surface area contributed by atoms with Crippen LogP contribution in [0.15, 0.2) is 18.5 Å². The molecule has 0 spiro atoms. The molecule has 0 saturated heterocycles. The fourth-order valence-electron chi connectivity index (χ4n) is 1.64. The standard InChI is InChI=1S/C10H12ClNO/c11-9-6-12-4-3-7(9)5-8-1-2-10(8)13/h3-4,6,8,10,13H,1-2,5H2. The second kappa shape index (κ2) is 3.64. The summed E-state index contributed by atoms with van der Waals surface area (Å²) in [5.74, 6) is 0.403. The molecule has 1 aromatic rings. The third-order valence-electron chi connectivity index (χ3n) is 2.72. The summed E-state index contributed by atoms with van der Waals surface area (Å²) in [7, 11) is 0. The molecule has 1 aromatic heterocycles. The van der Waals surface area contributed by atoms with Crippen molar-refractivity contribution in [2.45, 2.75) is 25.4 Å². The van der Waals surface area contributed by atoms with Crippen molar-refractivity contribution in [1.29, 1.82) is 0 Å². The zero-order valence-corrected chi connectivity index (χ0v) is 8.04. The van der Waals surface area contributed by atoms with Crippen LogP contribution < -0.4 is 0 Å². The highest BCUT2D eigenvalue weighted by Crippen LogP contribution is 2.31. The highest BCUT2D eigenvalue weighted by molar-refractivity contribution is 6.31. The molecule has 1 fully saturated rings. The van der Waals surface area contributed by atoms with Crippen LogP contribution in [0.25, 0.3) is 0 Å². The smallest absolute Gasteiger partial charge is 0.0621 e. The van der Waals surface area contributed by atoms with E-state index >= 15 is 0 Å². The number of halogens is 1. The molecule has 13 heavy (non-hydrogen) atoms. The lowest BCUT2D eigenvalue weighted by Gasteiger charge is -2.32. The monoisotopic (exact) mass is 197 g/mol. The fourth-order valence-corrected chi connectivity index (χ4v) is 1.84. The zero-order chi connectivity index (χ0) is 9.26. The Bertz CT molecular complexity index is 303. The number of aliphatic hydroxyl groups excluding tert-OH is 1. The van der Waals surface area contributed by atoms with Gasteiger partial charge in [0.25, 0.3) is 0 Å². The SMILES string of the molecule is OC1CCC1Cc1ccncc1Cl. The lowest BCUT2D eigenvalue weighted by Crippen LogP contribution is -2.32. The minimum Gasteiger partial charge on any atom is -0.393 e. The van der Waals surface area contributed by atoms with Crippen LogP contribution in [0.5, 0.6) is 0 Å². The Kier molecular flexibility index (Phi) is 2.51. The van der Waals surface area contributed by atoms with Gasteiger partial charge in [-0.2, -0.15) is 0 Å². The quantitative estimate of drug-likeness (QED) is 0.787. The molecule has 3 heteroatoms. The second-order valence-electron chi connectivity index (χ2n) is 3.58. The van der Waals surface area contributed by atoms with E-state index in [9.17, 15) is 5.11 Å². The molecule has 0 bridgehead atoms. The summed E-state index contributed by atoms with van der Waals surface area (Å²) < 4.78 is 0. The summed E-state index contributed by atoms with van der Waals surface area (Å²) in [5.41, 5.74) is 1.10. The minimum absolute atomic E-state index is 0.121. The molecule has 1 N–H and O–H groups in total. The van der Waals surface area contributed by atoms with Gasteiger partial charge in [0.1, 0.15) is 0 Å². The highest BCUT2D eigenvalue weighted by Gasteiger charge is 2.28. The normalized spacial score (nSPS) is 26.9. The van der Waals surface area contributed by atoms with Crippen molar-refractivity contribution in [1.82, 2.24) is 4.98 Å². The van der Waals surface area contributed by atoms with Crippen molar-refractivity contribution >= 4 is 11.6 Å². The van der Waals surface area contributed by atoms with E-state index in [-0.39, 0.29) is 6.10 Å². The lowest BCUT2D eigenvalue weighted by molar-refractivity contribution is 0.0244. The summed E-state index contributed by atoms with van der Waals surface area (Å²) in [6.07, 6.45) is 6.20. The van der Waals surface area contributed by atoms with Crippen LogP contribution in [0, 0.1) is 5.92 Å². The van der Waals surface area contributed by atoms with E-state index in [1.165, 1.54) is 0 Å². The molecular weight excluding hydrogens is 186 g/mol. The predicted molar refractivity (Wildman–Crippen MR) is 51.7 cm³/mol. The molecule has 0 radical (unpaired) electrons. The predicted octanol–water partition coefficient (Wildman–Crippen LogP) is 2.05. The van der Waals surface area contributed by atoms with Crippen LogP contribution in [-0.4, -0.2) is 16.2 Å². The van der Waals surface area contributed by atoms with Gasteiger partial charge in [-0.15, -0.1) is 0 Å². The van der Waals surface area contributed by atoms with Crippen molar-refractivity contribution in [3.05, 3.63) is 29.0 Å². The first-order valence-electron chi connectivity index (χ1n) is 4.54. The molecule has 70 valence electrons. The summed E-state index contributed by atoms with van der Waals surface area (Å²) in [5, 5.41) is 10.1. The van der Waals surface area contributed by atoms with Gasteiger partial charge in [0, 0.05) is 12.4 Å². The summed E-state index contributed by atoms with van der Waals surface area (Å²) in [4.78, 5) is 3.92. The number of nitrogens with zero attached hydrogens (tertiary/aromatic N) is 1. The van der Waals surface area contributed by atoms with Gasteiger partial charge >= 0.3 is 0 Å². The number of aromatic nitrogens is 1. The van der Waals surface area contributed by atoms with Crippen molar-refractivity contribution in [3.63, 3.8) is 0 Å². The molecule has 2 nitrogen and oxygen atoms in total. The first kappa shape index (κ1) is 8.97. The molecule has 0 aliphatic heterocycles. The van der Waals surface area contributed by atoms with E-state index in [0.29, 0.717) is 10.9 Å². The van der Waals surface area contributed by atoms with Gasteiger partial charge < -0.3 is 5.11 Å². The first-order chi connectivity index (χ1) is 6.27. The molecule has 1 aliphatic rings. The van der Waals surface area contributed by atoms with E-state index in [4.69, 9.17) is 11.6 Å².